The first-order valence-corrected chi connectivity index (χ1v) is 11.2. The summed E-state index contributed by atoms with van der Waals surface area (Å²) in [5.74, 6) is 2.01. The quantitative estimate of drug-likeness (QED) is 0.250. The number of carbonyl (C=O) groups is 2. The summed E-state index contributed by atoms with van der Waals surface area (Å²) >= 11 is 0. The fourth-order valence-electron chi connectivity index (χ4n) is 3.24. The van der Waals surface area contributed by atoms with Gasteiger partial charge in [-0.05, 0) is 65.6 Å². The van der Waals surface area contributed by atoms with E-state index in [1.165, 1.54) is 0 Å². The van der Waals surface area contributed by atoms with E-state index >= 15 is 0 Å². The topological polar surface area (TPSA) is 52.6 Å². The van der Waals surface area contributed by atoms with Gasteiger partial charge in [-0.3, -0.25) is 9.59 Å². The van der Waals surface area contributed by atoms with Gasteiger partial charge >= 0.3 is 0 Å². The van der Waals surface area contributed by atoms with E-state index in [1.54, 1.807) is 42.5 Å². The van der Waals surface area contributed by atoms with E-state index < -0.39 is 0 Å². The number of rotatable bonds is 12. The van der Waals surface area contributed by atoms with Crippen LogP contribution in [0.3, 0.4) is 0 Å². The Hall–Kier alpha value is -3.66. The van der Waals surface area contributed by atoms with Crippen LogP contribution in [0.2, 0.25) is 0 Å². The number of Topliss-reactive ketones (excluding diaryl/α,β-unsaturated/α-hetero) is 2. The second-order valence-corrected chi connectivity index (χ2v) is 8.37. The van der Waals surface area contributed by atoms with Gasteiger partial charge in [0.05, 0.1) is 6.61 Å². The first-order chi connectivity index (χ1) is 15.9. The fraction of sp³-hybridized carbons (Fsp3) is 0.241. The van der Waals surface area contributed by atoms with Crippen LogP contribution in [0.5, 0.6) is 11.5 Å². The minimum atomic E-state index is 0.0360. The second-order valence-electron chi connectivity index (χ2n) is 8.37. The summed E-state index contributed by atoms with van der Waals surface area (Å²) < 4.78 is 11.1. The Bertz CT molecular complexity index is 1060. The molecule has 0 radical (unpaired) electrons. The van der Waals surface area contributed by atoms with Crippen LogP contribution >= 0.6 is 0 Å². The van der Waals surface area contributed by atoms with Crippen molar-refractivity contribution in [3.05, 3.63) is 108 Å². The molecule has 3 aromatic carbocycles. The molecular weight excluding hydrogens is 412 g/mol. The molecule has 0 spiro atoms. The molecule has 4 nitrogen and oxygen atoms in total. The summed E-state index contributed by atoms with van der Waals surface area (Å²) in [5, 5.41) is 0. The van der Waals surface area contributed by atoms with E-state index in [-0.39, 0.29) is 11.6 Å². The highest BCUT2D eigenvalue weighted by Crippen LogP contribution is 2.17. The van der Waals surface area contributed by atoms with Crippen LogP contribution in [-0.2, 0) is 12.8 Å². The lowest BCUT2D eigenvalue weighted by molar-refractivity contribution is 0.0984. The number of benzene rings is 3. The summed E-state index contributed by atoms with van der Waals surface area (Å²) in [4.78, 5) is 25.2. The zero-order chi connectivity index (χ0) is 23.6. The molecular formula is C29H30O4. The predicted octanol–water partition coefficient (Wildman–Crippen LogP) is 6.14. The van der Waals surface area contributed by atoms with Crippen LogP contribution in [0, 0.1) is 5.92 Å². The largest absolute Gasteiger partial charge is 0.493 e. The van der Waals surface area contributed by atoms with Crippen molar-refractivity contribution >= 4 is 11.6 Å². The van der Waals surface area contributed by atoms with Crippen molar-refractivity contribution in [2.24, 2.45) is 5.92 Å². The smallest absolute Gasteiger partial charge is 0.167 e. The van der Waals surface area contributed by atoms with E-state index in [4.69, 9.17) is 9.47 Å². The molecule has 0 heterocycles. The van der Waals surface area contributed by atoms with Crippen molar-refractivity contribution in [1.82, 2.24) is 0 Å². The highest BCUT2D eigenvalue weighted by Gasteiger charge is 2.10. The maximum absolute atomic E-state index is 12.6. The number of hydrogen-bond acceptors (Lipinski definition) is 4. The maximum Gasteiger partial charge on any atom is 0.167 e. The number of ether oxygens (including phenoxy) is 2. The molecule has 4 heteroatoms. The molecule has 0 aliphatic carbocycles. The van der Waals surface area contributed by atoms with Crippen molar-refractivity contribution in [3.63, 3.8) is 0 Å². The molecule has 0 bridgehead atoms. The molecule has 33 heavy (non-hydrogen) atoms. The highest BCUT2D eigenvalue weighted by atomic mass is 16.5. The molecule has 0 saturated carbocycles. The summed E-state index contributed by atoms with van der Waals surface area (Å²) in [6.07, 6.45) is 2.29. The average molecular weight is 443 g/mol. The van der Waals surface area contributed by atoms with Gasteiger partial charge in [0.15, 0.2) is 11.6 Å². The third-order valence-corrected chi connectivity index (χ3v) is 5.06. The second kappa shape index (κ2) is 11.8. The van der Waals surface area contributed by atoms with Gasteiger partial charge < -0.3 is 9.47 Å². The van der Waals surface area contributed by atoms with Gasteiger partial charge in [-0.25, -0.2) is 0 Å². The Balaban J connectivity index is 1.53. The molecule has 0 fully saturated rings. The summed E-state index contributed by atoms with van der Waals surface area (Å²) in [6, 6.07) is 22.0. The molecule has 0 aliphatic rings. The lowest BCUT2D eigenvalue weighted by Gasteiger charge is -2.09. The predicted molar refractivity (Wildman–Crippen MR) is 131 cm³/mol. The number of ketones is 2. The van der Waals surface area contributed by atoms with Crippen molar-refractivity contribution in [2.75, 3.05) is 13.2 Å². The molecule has 0 atom stereocenters. The van der Waals surface area contributed by atoms with Gasteiger partial charge in [0.1, 0.15) is 18.1 Å². The fourth-order valence-corrected chi connectivity index (χ4v) is 3.24. The zero-order valence-electron chi connectivity index (χ0n) is 19.3. The molecule has 0 aromatic heterocycles. The molecule has 0 unspecified atom stereocenters. The highest BCUT2D eigenvalue weighted by molar-refractivity contribution is 5.98. The third kappa shape index (κ3) is 7.46. The monoisotopic (exact) mass is 442 g/mol. The van der Waals surface area contributed by atoms with Crippen molar-refractivity contribution < 1.29 is 19.1 Å². The molecule has 0 saturated heterocycles. The van der Waals surface area contributed by atoms with Crippen LogP contribution in [0.4, 0.5) is 0 Å². The van der Waals surface area contributed by atoms with Crippen LogP contribution in [-0.4, -0.2) is 24.8 Å². The van der Waals surface area contributed by atoms with Crippen LogP contribution in [0.15, 0.2) is 85.5 Å². The molecule has 3 rings (SSSR count). The standard InChI is InChI=1S/C29H30O4/c1-4-17-32-26-13-9-24(10-14-26)28(30)18-22-5-7-23(8-6-22)19-29(31)25-11-15-27(16-12-25)33-20-21(2)3/h4-16,21H,1,17-20H2,2-3H3. The van der Waals surface area contributed by atoms with Gasteiger partial charge in [0.25, 0.3) is 0 Å². The van der Waals surface area contributed by atoms with Crippen molar-refractivity contribution in [2.45, 2.75) is 26.7 Å². The normalized spacial score (nSPS) is 10.6. The van der Waals surface area contributed by atoms with E-state index in [9.17, 15) is 9.59 Å². The summed E-state index contributed by atoms with van der Waals surface area (Å²) in [5.41, 5.74) is 3.13. The van der Waals surface area contributed by atoms with E-state index in [0.717, 1.165) is 16.9 Å². The minimum absolute atomic E-state index is 0.0360. The van der Waals surface area contributed by atoms with Crippen LogP contribution in [0.1, 0.15) is 45.7 Å². The first-order valence-electron chi connectivity index (χ1n) is 11.2. The minimum Gasteiger partial charge on any atom is -0.493 e. The SMILES string of the molecule is C=CCOc1ccc(C(=O)Cc2ccc(CC(=O)c3ccc(OCC(C)C)cc3)cc2)cc1. The van der Waals surface area contributed by atoms with Gasteiger partial charge in [0, 0.05) is 24.0 Å². The Labute approximate surface area is 195 Å². The van der Waals surface area contributed by atoms with Gasteiger partial charge in [-0.1, -0.05) is 50.8 Å². The van der Waals surface area contributed by atoms with E-state index in [0.29, 0.717) is 48.8 Å². The van der Waals surface area contributed by atoms with Gasteiger partial charge in [0.2, 0.25) is 0 Å². The molecule has 0 N–H and O–H groups in total. The summed E-state index contributed by atoms with van der Waals surface area (Å²) in [7, 11) is 0. The van der Waals surface area contributed by atoms with Gasteiger partial charge in [-0.2, -0.15) is 0 Å². The number of carbonyl (C=O) groups excluding carboxylic acids is 2. The molecule has 0 amide bonds. The average Bonchev–Trinajstić information content (AvgIpc) is 2.83. The third-order valence-electron chi connectivity index (χ3n) is 5.06. The Morgan fingerprint density at radius 2 is 1.15 bits per heavy atom. The van der Waals surface area contributed by atoms with Crippen molar-refractivity contribution in [1.29, 1.82) is 0 Å². The van der Waals surface area contributed by atoms with Gasteiger partial charge in [-0.15, -0.1) is 0 Å². The first kappa shape index (κ1) is 24.0. The lowest BCUT2D eigenvalue weighted by atomic mass is 9.99. The van der Waals surface area contributed by atoms with Crippen LogP contribution in [0.25, 0.3) is 0 Å². The Morgan fingerprint density at radius 3 is 1.55 bits per heavy atom. The zero-order valence-corrected chi connectivity index (χ0v) is 19.3. The molecule has 3 aromatic rings. The Kier molecular flexibility index (Phi) is 8.59. The molecule has 0 aliphatic heterocycles. The number of hydrogen-bond donors (Lipinski definition) is 0. The maximum atomic E-state index is 12.6. The van der Waals surface area contributed by atoms with Crippen LogP contribution < -0.4 is 9.47 Å². The van der Waals surface area contributed by atoms with Crippen molar-refractivity contribution in [3.8, 4) is 11.5 Å². The van der Waals surface area contributed by atoms with E-state index in [1.807, 2.05) is 36.4 Å². The lowest BCUT2D eigenvalue weighted by Crippen LogP contribution is -2.06. The summed E-state index contributed by atoms with van der Waals surface area (Å²) in [6.45, 7) is 8.89. The molecule has 170 valence electrons. The van der Waals surface area contributed by atoms with E-state index in [2.05, 4.69) is 20.4 Å². The Morgan fingerprint density at radius 1 is 0.727 bits per heavy atom.